The van der Waals surface area contributed by atoms with Crippen molar-refractivity contribution in [2.75, 3.05) is 26.3 Å². The van der Waals surface area contributed by atoms with E-state index in [1.165, 1.54) is 19.3 Å². The van der Waals surface area contributed by atoms with E-state index in [-0.39, 0.29) is 0 Å². The van der Waals surface area contributed by atoms with Crippen molar-refractivity contribution in [2.24, 2.45) is 0 Å². The Morgan fingerprint density at radius 1 is 1.24 bits per heavy atom. The molecule has 0 aromatic carbocycles. The molecule has 1 amide bonds. The molecule has 21 heavy (non-hydrogen) atoms. The smallest absolute Gasteiger partial charge is 0.222 e. The number of hydrogen-bond acceptors (Lipinski definition) is 3. The molecule has 1 aliphatic heterocycles. The van der Waals surface area contributed by atoms with Gasteiger partial charge in [0.15, 0.2) is 0 Å². The summed E-state index contributed by atoms with van der Waals surface area (Å²) >= 11 is 0. The summed E-state index contributed by atoms with van der Waals surface area (Å²) in [6, 6.07) is 0. The van der Waals surface area contributed by atoms with Gasteiger partial charge < -0.3 is 14.2 Å². The molecule has 5 nitrogen and oxygen atoms in total. The predicted molar refractivity (Wildman–Crippen MR) is 80.9 cm³/mol. The van der Waals surface area contributed by atoms with E-state index in [1.807, 2.05) is 18.0 Å². The Hall–Kier alpha value is -1.36. The van der Waals surface area contributed by atoms with Gasteiger partial charge in [-0.1, -0.05) is 19.3 Å². The second-order valence-electron chi connectivity index (χ2n) is 5.62. The number of unbranched alkanes of at least 4 members (excludes halogenated alkanes) is 4. The fraction of sp³-hybridized carbons (Fsp3) is 0.750. The van der Waals surface area contributed by atoms with Crippen molar-refractivity contribution in [2.45, 2.75) is 52.0 Å². The Morgan fingerprint density at radius 2 is 1.95 bits per heavy atom. The van der Waals surface area contributed by atoms with Crippen LogP contribution in [0.15, 0.2) is 6.20 Å². The number of aryl methyl sites for hydroxylation is 2. The lowest BCUT2D eigenvalue weighted by Gasteiger charge is -2.26. The highest BCUT2D eigenvalue weighted by molar-refractivity contribution is 5.76. The molecule has 0 spiro atoms. The molecule has 0 unspecified atom stereocenters. The second-order valence-corrected chi connectivity index (χ2v) is 5.62. The van der Waals surface area contributed by atoms with Crippen LogP contribution >= 0.6 is 0 Å². The Balaban J connectivity index is 1.46. The molecule has 0 atom stereocenters. The van der Waals surface area contributed by atoms with Crippen LogP contribution in [-0.2, 0) is 16.1 Å². The van der Waals surface area contributed by atoms with E-state index in [2.05, 4.69) is 15.7 Å². The highest BCUT2D eigenvalue weighted by atomic mass is 16.5. The molecule has 5 heteroatoms. The van der Waals surface area contributed by atoms with E-state index in [0.29, 0.717) is 25.5 Å². The van der Waals surface area contributed by atoms with Crippen LogP contribution in [0, 0.1) is 13.1 Å². The van der Waals surface area contributed by atoms with Crippen molar-refractivity contribution in [1.29, 1.82) is 0 Å². The quantitative estimate of drug-likeness (QED) is 0.690. The van der Waals surface area contributed by atoms with Crippen LogP contribution in [0.1, 0.15) is 44.3 Å². The highest BCUT2D eigenvalue weighted by Crippen LogP contribution is 2.09. The van der Waals surface area contributed by atoms with Crippen LogP contribution in [-0.4, -0.2) is 46.7 Å². The topological polar surface area (TPSA) is 47.4 Å². The minimum Gasteiger partial charge on any atom is -0.378 e. The zero-order chi connectivity index (χ0) is 14.9. The zero-order valence-corrected chi connectivity index (χ0v) is 13.0. The number of rotatable bonds is 8. The molecule has 0 saturated carbocycles. The minimum atomic E-state index is 0.294. The first kappa shape index (κ1) is 16.0. The summed E-state index contributed by atoms with van der Waals surface area (Å²) in [5.41, 5.74) is 0. The number of aromatic nitrogens is 2. The van der Waals surface area contributed by atoms with Crippen molar-refractivity contribution >= 4 is 5.91 Å². The van der Waals surface area contributed by atoms with E-state index >= 15 is 0 Å². The maximum absolute atomic E-state index is 11.9. The molecule has 117 valence electrons. The standard InChI is InChI=1S/C16H26N3O2/c1-15-17-8-10-18(15)9-6-4-2-3-5-7-16(20)19-11-13-21-14-12-19/h10H,2-7,9,11-14H2,1H3. The SMILES string of the molecule is Cc1n[c]cn1CCCCCCCC(=O)N1CCOCC1. The van der Waals surface area contributed by atoms with Gasteiger partial charge in [-0.3, -0.25) is 4.79 Å². The monoisotopic (exact) mass is 292 g/mol. The van der Waals surface area contributed by atoms with E-state index in [0.717, 1.165) is 38.3 Å². The molecule has 1 aromatic heterocycles. The Kier molecular flexibility index (Phi) is 6.73. The average Bonchev–Trinajstić information content (AvgIpc) is 2.92. The van der Waals surface area contributed by atoms with Crippen molar-refractivity contribution in [3.8, 4) is 0 Å². The van der Waals surface area contributed by atoms with Crippen LogP contribution in [0.25, 0.3) is 0 Å². The van der Waals surface area contributed by atoms with Crippen molar-refractivity contribution < 1.29 is 9.53 Å². The van der Waals surface area contributed by atoms with E-state index in [4.69, 9.17) is 4.74 Å². The Labute approximate surface area is 127 Å². The van der Waals surface area contributed by atoms with Gasteiger partial charge in [0, 0.05) is 32.3 Å². The lowest BCUT2D eigenvalue weighted by atomic mass is 10.1. The van der Waals surface area contributed by atoms with Crippen LogP contribution in [0.5, 0.6) is 0 Å². The predicted octanol–water partition coefficient (Wildman–Crippen LogP) is 2.19. The van der Waals surface area contributed by atoms with Crippen LogP contribution in [0.4, 0.5) is 0 Å². The molecule has 1 fully saturated rings. The summed E-state index contributed by atoms with van der Waals surface area (Å²) in [6.45, 7) is 5.94. The van der Waals surface area contributed by atoms with Gasteiger partial charge in [0.2, 0.25) is 5.91 Å². The van der Waals surface area contributed by atoms with E-state index in [1.54, 1.807) is 0 Å². The highest BCUT2D eigenvalue weighted by Gasteiger charge is 2.15. The molecule has 0 aliphatic carbocycles. The summed E-state index contributed by atoms with van der Waals surface area (Å²) in [6.07, 6.45) is 11.2. The molecule has 2 heterocycles. The van der Waals surface area contributed by atoms with Crippen molar-refractivity contribution in [1.82, 2.24) is 14.5 Å². The Bertz CT molecular complexity index is 425. The molecule has 1 aromatic rings. The van der Waals surface area contributed by atoms with Gasteiger partial charge in [0.1, 0.15) is 12.0 Å². The molecule has 1 saturated heterocycles. The van der Waals surface area contributed by atoms with Crippen molar-refractivity contribution in [3.63, 3.8) is 0 Å². The van der Waals surface area contributed by atoms with Gasteiger partial charge in [0.05, 0.1) is 13.2 Å². The van der Waals surface area contributed by atoms with Gasteiger partial charge >= 0.3 is 0 Å². The van der Waals surface area contributed by atoms with Gasteiger partial charge in [0.25, 0.3) is 0 Å². The zero-order valence-electron chi connectivity index (χ0n) is 13.0. The maximum atomic E-state index is 11.9. The number of hydrogen-bond donors (Lipinski definition) is 0. The largest absolute Gasteiger partial charge is 0.378 e. The number of imidazole rings is 1. The van der Waals surface area contributed by atoms with Crippen molar-refractivity contribution in [3.05, 3.63) is 18.2 Å². The van der Waals surface area contributed by atoms with Gasteiger partial charge in [-0.2, -0.15) is 0 Å². The lowest BCUT2D eigenvalue weighted by molar-refractivity contribution is -0.135. The summed E-state index contributed by atoms with van der Waals surface area (Å²) in [5, 5.41) is 0. The maximum Gasteiger partial charge on any atom is 0.222 e. The van der Waals surface area contributed by atoms with E-state index in [9.17, 15) is 4.79 Å². The molecule has 1 radical (unpaired) electrons. The normalized spacial score (nSPS) is 15.4. The summed E-state index contributed by atoms with van der Waals surface area (Å²) < 4.78 is 7.40. The van der Waals surface area contributed by atoms with E-state index < -0.39 is 0 Å². The molecule has 0 bridgehead atoms. The average molecular weight is 292 g/mol. The summed E-state index contributed by atoms with van der Waals surface area (Å²) in [4.78, 5) is 18.0. The summed E-state index contributed by atoms with van der Waals surface area (Å²) in [5.74, 6) is 1.33. The number of amides is 1. The summed E-state index contributed by atoms with van der Waals surface area (Å²) in [7, 11) is 0. The molecular formula is C16H26N3O2. The lowest BCUT2D eigenvalue weighted by Crippen LogP contribution is -2.40. The third-order valence-electron chi connectivity index (χ3n) is 4.01. The number of ether oxygens (including phenoxy) is 1. The minimum absolute atomic E-state index is 0.294. The fourth-order valence-electron chi connectivity index (χ4n) is 2.64. The number of carbonyl (C=O) groups excluding carboxylic acids is 1. The third kappa shape index (κ3) is 5.50. The second kappa shape index (κ2) is 8.82. The number of nitrogens with zero attached hydrogens (tertiary/aromatic N) is 3. The van der Waals surface area contributed by atoms with Crippen LogP contribution < -0.4 is 0 Å². The number of morpholine rings is 1. The Morgan fingerprint density at radius 3 is 2.67 bits per heavy atom. The van der Waals surface area contributed by atoms with Gasteiger partial charge in [-0.15, -0.1) is 0 Å². The van der Waals surface area contributed by atoms with Gasteiger partial charge in [-0.05, 0) is 19.8 Å². The first-order chi connectivity index (χ1) is 10.3. The molecule has 0 N–H and O–H groups in total. The van der Waals surface area contributed by atoms with Crippen LogP contribution in [0.2, 0.25) is 0 Å². The van der Waals surface area contributed by atoms with Gasteiger partial charge in [-0.25, -0.2) is 4.98 Å². The third-order valence-corrected chi connectivity index (χ3v) is 4.01. The number of carbonyl (C=O) groups is 1. The van der Waals surface area contributed by atoms with Crippen LogP contribution in [0.3, 0.4) is 0 Å². The molecule has 1 aliphatic rings. The first-order valence-corrected chi connectivity index (χ1v) is 8.03. The first-order valence-electron chi connectivity index (χ1n) is 8.03. The molecule has 2 rings (SSSR count). The fourth-order valence-corrected chi connectivity index (χ4v) is 2.64. The molecular weight excluding hydrogens is 266 g/mol.